The maximum Gasteiger partial charge on any atom is 0.246 e. The van der Waals surface area contributed by atoms with Gasteiger partial charge in [0, 0.05) is 6.54 Å². The highest BCUT2D eigenvalue weighted by molar-refractivity contribution is 7.89. The zero-order valence-corrected chi connectivity index (χ0v) is 16.6. The molecule has 1 aliphatic heterocycles. The molecule has 7 nitrogen and oxygen atoms in total. The van der Waals surface area contributed by atoms with E-state index in [0.29, 0.717) is 5.76 Å². The van der Waals surface area contributed by atoms with E-state index < -0.39 is 39.0 Å². The molecule has 1 aliphatic rings. The molecule has 0 saturated carbocycles. The van der Waals surface area contributed by atoms with Gasteiger partial charge in [0.05, 0.1) is 18.8 Å². The maximum absolute atomic E-state index is 13.7. The lowest BCUT2D eigenvalue weighted by atomic mass is 10.1. The molecular formula is C19H23F2N3O4S. The van der Waals surface area contributed by atoms with Crippen LogP contribution in [0.3, 0.4) is 0 Å². The molecule has 0 bridgehead atoms. The summed E-state index contributed by atoms with van der Waals surface area (Å²) < 4.78 is 59.2. The monoisotopic (exact) mass is 427 g/mol. The number of halogens is 2. The van der Waals surface area contributed by atoms with Crippen LogP contribution in [0.4, 0.5) is 8.78 Å². The zero-order valence-electron chi connectivity index (χ0n) is 15.7. The number of hydrogen-bond donors (Lipinski definition) is 2. The Morgan fingerprint density at radius 2 is 1.79 bits per heavy atom. The van der Waals surface area contributed by atoms with Crippen molar-refractivity contribution in [3.63, 3.8) is 0 Å². The van der Waals surface area contributed by atoms with Crippen molar-refractivity contribution in [2.45, 2.75) is 30.2 Å². The van der Waals surface area contributed by atoms with Gasteiger partial charge in [0.15, 0.2) is 4.90 Å². The molecule has 0 radical (unpaired) electrons. The van der Waals surface area contributed by atoms with E-state index in [1.54, 1.807) is 12.3 Å². The lowest BCUT2D eigenvalue weighted by Gasteiger charge is -2.33. The number of likely N-dealkylation sites (tertiary alicyclic amines) is 1. The van der Waals surface area contributed by atoms with E-state index in [4.69, 9.17) is 4.42 Å². The fourth-order valence-electron chi connectivity index (χ4n) is 3.37. The van der Waals surface area contributed by atoms with Crippen molar-refractivity contribution in [2.24, 2.45) is 0 Å². The van der Waals surface area contributed by atoms with Crippen molar-refractivity contribution in [3.05, 3.63) is 54.0 Å². The first kappa shape index (κ1) is 21.4. The number of nitrogens with one attached hydrogen (secondary N) is 2. The fraction of sp³-hybridized carbons (Fsp3) is 0.421. The molecule has 158 valence electrons. The third-order valence-corrected chi connectivity index (χ3v) is 6.26. The summed E-state index contributed by atoms with van der Waals surface area (Å²) in [5.74, 6) is -2.35. The molecule has 1 amide bonds. The third kappa shape index (κ3) is 5.40. The maximum atomic E-state index is 13.7. The van der Waals surface area contributed by atoms with Gasteiger partial charge in [0.25, 0.3) is 0 Å². The van der Waals surface area contributed by atoms with Crippen molar-refractivity contribution in [1.82, 2.24) is 14.9 Å². The van der Waals surface area contributed by atoms with Crippen molar-refractivity contribution < 1.29 is 26.4 Å². The van der Waals surface area contributed by atoms with Crippen molar-refractivity contribution >= 4 is 15.9 Å². The van der Waals surface area contributed by atoms with Gasteiger partial charge >= 0.3 is 0 Å². The van der Waals surface area contributed by atoms with Crippen molar-refractivity contribution in [3.8, 4) is 0 Å². The molecule has 1 aromatic heterocycles. The Balaban J connectivity index is 1.59. The van der Waals surface area contributed by atoms with Crippen molar-refractivity contribution in [1.29, 1.82) is 0 Å². The minimum Gasteiger partial charge on any atom is -0.468 e. The molecule has 29 heavy (non-hydrogen) atoms. The first-order valence-corrected chi connectivity index (χ1v) is 10.8. The van der Waals surface area contributed by atoms with Crippen LogP contribution in [0.5, 0.6) is 0 Å². The summed E-state index contributed by atoms with van der Waals surface area (Å²) in [7, 11) is -4.51. The predicted octanol–water partition coefficient (Wildman–Crippen LogP) is 2.18. The standard InChI is InChI=1S/C19H23F2N3O4S/c20-14-6-4-7-15(21)19(14)29(26,27)23-13-18(25)22-12-16(17-8-5-11-28-17)24-9-2-1-3-10-24/h4-8,11,16,23H,1-3,9-10,12-13H2,(H,22,25). The van der Waals surface area contributed by atoms with E-state index in [-0.39, 0.29) is 12.6 Å². The number of piperidine rings is 1. The van der Waals surface area contributed by atoms with Gasteiger partial charge in [-0.15, -0.1) is 0 Å². The van der Waals surface area contributed by atoms with Gasteiger partial charge in [0.2, 0.25) is 15.9 Å². The average molecular weight is 427 g/mol. The second-order valence-corrected chi connectivity index (χ2v) is 8.51. The van der Waals surface area contributed by atoms with E-state index in [0.717, 1.165) is 50.6 Å². The normalized spacial score (nSPS) is 16.5. The van der Waals surface area contributed by atoms with Crippen LogP contribution in [0.15, 0.2) is 45.9 Å². The van der Waals surface area contributed by atoms with Gasteiger partial charge in [0.1, 0.15) is 17.4 Å². The lowest BCUT2D eigenvalue weighted by molar-refractivity contribution is -0.120. The number of rotatable bonds is 8. The average Bonchev–Trinajstić information content (AvgIpc) is 3.22. The zero-order chi connectivity index (χ0) is 20.9. The fourth-order valence-corrected chi connectivity index (χ4v) is 4.48. The summed E-state index contributed by atoms with van der Waals surface area (Å²) in [4.78, 5) is 13.3. The molecule has 1 saturated heterocycles. The Bertz CT molecular complexity index is 909. The van der Waals surface area contributed by atoms with Crippen LogP contribution in [0, 0.1) is 11.6 Å². The van der Waals surface area contributed by atoms with Crippen LogP contribution < -0.4 is 10.0 Å². The van der Waals surface area contributed by atoms with E-state index in [2.05, 4.69) is 10.2 Å². The Kier molecular flexibility index (Phi) is 6.99. The van der Waals surface area contributed by atoms with E-state index in [1.807, 2.05) is 10.8 Å². The van der Waals surface area contributed by atoms with Crippen LogP contribution in [-0.4, -0.2) is 45.4 Å². The molecular weight excluding hydrogens is 404 g/mol. The van der Waals surface area contributed by atoms with Gasteiger partial charge in [-0.3, -0.25) is 9.69 Å². The Morgan fingerprint density at radius 3 is 2.41 bits per heavy atom. The predicted molar refractivity (Wildman–Crippen MR) is 101 cm³/mol. The smallest absolute Gasteiger partial charge is 0.246 e. The molecule has 2 heterocycles. The molecule has 1 atom stereocenters. The molecule has 1 fully saturated rings. The molecule has 2 N–H and O–H groups in total. The molecule has 2 aromatic rings. The summed E-state index contributed by atoms with van der Waals surface area (Å²) >= 11 is 0. The number of sulfonamides is 1. The lowest BCUT2D eigenvalue weighted by Crippen LogP contribution is -2.43. The van der Waals surface area contributed by atoms with E-state index in [1.165, 1.54) is 0 Å². The number of amides is 1. The highest BCUT2D eigenvalue weighted by Gasteiger charge is 2.26. The number of carbonyl (C=O) groups excluding carboxylic acids is 1. The first-order valence-electron chi connectivity index (χ1n) is 9.36. The number of hydrogen-bond acceptors (Lipinski definition) is 5. The van der Waals surface area contributed by atoms with Crippen LogP contribution >= 0.6 is 0 Å². The van der Waals surface area contributed by atoms with E-state index >= 15 is 0 Å². The minimum absolute atomic E-state index is 0.171. The second-order valence-electron chi connectivity index (χ2n) is 6.81. The Morgan fingerprint density at radius 1 is 1.10 bits per heavy atom. The molecule has 1 aromatic carbocycles. The van der Waals surface area contributed by atoms with Gasteiger partial charge in [-0.1, -0.05) is 12.5 Å². The largest absolute Gasteiger partial charge is 0.468 e. The topological polar surface area (TPSA) is 91.6 Å². The highest BCUT2D eigenvalue weighted by atomic mass is 32.2. The number of nitrogens with zero attached hydrogens (tertiary/aromatic N) is 1. The van der Waals surface area contributed by atoms with E-state index in [9.17, 15) is 22.0 Å². The first-order chi connectivity index (χ1) is 13.9. The third-order valence-electron chi connectivity index (χ3n) is 4.81. The SMILES string of the molecule is O=C(CNS(=O)(=O)c1c(F)cccc1F)NCC(c1ccco1)N1CCCCC1. The number of furan rings is 1. The summed E-state index contributed by atoms with van der Waals surface area (Å²) in [6, 6.07) is 6.16. The Labute approximate surface area is 168 Å². The molecule has 0 spiro atoms. The quantitative estimate of drug-likeness (QED) is 0.674. The van der Waals surface area contributed by atoms with Crippen molar-refractivity contribution in [2.75, 3.05) is 26.2 Å². The van der Waals surface area contributed by atoms with Crippen LogP contribution in [0.25, 0.3) is 0 Å². The highest BCUT2D eigenvalue weighted by Crippen LogP contribution is 2.24. The van der Waals surface area contributed by atoms with Gasteiger partial charge < -0.3 is 9.73 Å². The summed E-state index contributed by atoms with van der Waals surface area (Å²) in [5, 5.41) is 2.67. The number of benzene rings is 1. The molecule has 10 heteroatoms. The minimum atomic E-state index is -4.51. The molecule has 1 unspecified atom stereocenters. The Hall–Kier alpha value is -2.30. The van der Waals surface area contributed by atoms with Crippen LogP contribution in [0.2, 0.25) is 0 Å². The van der Waals surface area contributed by atoms with Crippen LogP contribution in [0.1, 0.15) is 31.1 Å². The van der Waals surface area contributed by atoms with Crippen LogP contribution in [-0.2, 0) is 14.8 Å². The molecule has 0 aliphatic carbocycles. The van der Waals surface area contributed by atoms with Gasteiger partial charge in [-0.05, 0) is 50.2 Å². The van der Waals surface area contributed by atoms with Gasteiger partial charge in [-0.2, -0.15) is 0 Å². The molecule has 3 rings (SSSR count). The summed E-state index contributed by atoms with van der Waals surface area (Å²) in [6.45, 7) is 1.34. The van der Waals surface area contributed by atoms with Gasteiger partial charge in [-0.25, -0.2) is 21.9 Å². The second kappa shape index (κ2) is 9.47. The number of carbonyl (C=O) groups is 1. The summed E-state index contributed by atoms with van der Waals surface area (Å²) in [5.41, 5.74) is 0. The summed E-state index contributed by atoms with van der Waals surface area (Å²) in [6.07, 6.45) is 4.83.